The van der Waals surface area contributed by atoms with Gasteiger partial charge in [-0.2, -0.15) is 0 Å². The summed E-state index contributed by atoms with van der Waals surface area (Å²) in [6.07, 6.45) is 1.34. The summed E-state index contributed by atoms with van der Waals surface area (Å²) in [6.45, 7) is 8.36. The Morgan fingerprint density at radius 3 is 2.50 bits per heavy atom. The first-order valence-corrected chi connectivity index (χ1v) is 7.28. The lowest BCUT2D eigenvalue weighted by Crippen LogP contribution is -2.38. The summed E-state index contributed by atoms with van der Waals surface area (Å²) < 4.78 is 0. The van der Waals surface area contributed by atoms with Crippen molar-refractivity contribution in [1.29, 1.82) is 0 Å². The molecule has 0 aliphatic carbocycles. The van der Waals surface area contributed by atoms with E-state index in [2.05, 4.69) is 10.6 Å². The van der Waals surface area contributed by atoms with Crippen LogP contribution in [0.5, 0.6) is 0 Å². The highest BCUT2D eigenvalue weighted by molar-refractivity contribution is 5.90. The third kappa shape index (κ3) is 4.53. The summed E-state index contributed by atoms with van der Waals surface area (Å²) in [7, 11) is 0. The molecule has 0 spiro atoms. The molecule has 4 nitrogen and oxygen atoms in total. The zero-order chi connectivity index (χ0) is 15.1. The van der Waals surface area contributed by atoms with Crippen LogP contribution in [-0.2, 0) is 0 Å². The molecule has 3 N–H and O–H groups in total. The number of urea groups is 1. The topological polar surface area (TPSA) is 61.4 Å². The van der Waals surface area contributed by atoms with Gasteiger partial charge in [-0.1, -0.05) is 38.8 Å². The first kappa shape index (κ1) is 16.5. The summed E-state index contributed by atoms with van der Waals surface area (Å²) >= 11 is 0. The molecular weight excluding hydrogens is 252 g/mol. The normalized spacial score (nSPS) is 12.3. The number of aryl methyl sites for hydroxylation is 1. The van der Waals surface area contributed by atoms with Gasteiger partial charge in [0.15, 0.2) is 0 Å². The zero-order valence-electron chi connectivity index (χ0n) is 12.9. The van der Waals surface area contributed by atoms with E-state index in [-0.39, 0.29) is 18.5 Å². The van der Waals surface area contributed by atoms with Crippen LogP contribution in [0.2, 0.25) is 0 Å². The van der Waals surface area contributed by atoms with Crippen molar-refractivity contribution in [2.75, 3.05) is 11.9 Å². The Labute approximate surface area is 121 Å². The molecule has 0 bridgehead atoms. The molecule has 0 heterocycles. The van der Waals surface area contributed by atoms with Crippen molar-refractivity contribution >= 4 is 11.7 Å². The molecule has 1 unspecified atom stereocenters. The first-order chi connectivity index (χ1) is 9.49. The standard InChI is InChI=1S/C16H26N2O2/c1-5-13(6-2)15(19)10-17-16(20)18-14-9-7-8-11(3)12(14)4/h7-9,13,15,19H,5-6,10H2,1-4H3,(H2,17,18,20). The van der Waals surface area contributed by atoms with E-state index < -0.39 is 6.10 Å². The highest BCUT2D eigenvalue weighted by Crippen LogP contribution is 2.17. The van der Waals surface area contributed by atoms with Crippen LogP contribution in [-0.4, -0.2) is 23.8 Å². The number of nitrogens with one attached hydrogen (secondary N) is 2. The molecule has 2 amide bonds. The van der Waals surface area contributed by atoms with Crippen molar-refractivity contribution in [3.8, 4) is 0 Å². The first-order valence-electron chi connectivity index (χ1n) is 7.28. The van der Waals surface area contributed by atoms with Crippen molar-refractivity contribution in [2.24, 2.45) is 5.92 Å². The van der Waals surface area contributed by atoms with Gasteiger partial charge in [0.05, 0.1) is 6.10 Å². The number of benzene rings is 1. The second-order valence-electron chi connectivity index (χ2n) is 5.23. The van der Waals surface area contributed by atoms with E-state index in [9.17, 15) is 9.90 Å². The maximum absolute atomic E-state index is 11.8. The second kappa shape index (κ2) is 7.90. The number of hydrogen-bond acceptors (Lipinski definition) is 2. The second-order valence-corrected chi connectivity index (χ2v) is 5.23. The highest BCUT2D eigenvalue weighted by atomic mass is 16.3. The maximum atomic E-state index is 11.8. The highest BCUT2D eigenvalue weighted by Gasteiger charge is 2.16. The van der Waals surface area contributed by atoms with Crippen LogP contribution in [0.1, 0.15) is 37.8 Å². The molecule has 0 aromatic heterocycles. The van der Waals surface area contributed by atoms with E-state index >= 15 is 0 Å². The van der Waals surface area contributed by atoms with Gasteiger partial charge in [-0.05, 0) is 37.0 Å². The lowest BCUT2D eigenvalue weighted by Gasteiger charge is -2.20. The summed E-state index contributed by atoms with van der Waals surface area (Å²) in [5.74, 6) is 0.232. The van der Waals surface area contributed by atoms with Crippen LogP contribution < -0.4 is 10.6 Å². The van der Waals surface area contributed by atoms with Crippen LogP contribution in [0.25, 0.3) is 0 Å². The molecule has 112 valence electrons. The average molecular weight is 278 g/mol. The fraction of sp³-hybridized carbons (Fsp3) is 0.562. The molecule has 0 fully saturated rings. The Morgan fingerprint density at radius 2 is 1.90 bits per heavy atom. The van der Waals surface area contributed by atoms with Crippen LogP contribution >= 0.6 is 0 Å². The lowest BCUT2D eigenvalue weighted by atomic mass is 9.97. The van der Waals surface area contributed by atoms with Crippen LogP contribution in [0, 0.1) is 19.8 Å². The predicted molar refractivity (Wildman–Crippen MR) is 83.0 cm³/mol. The van der Waals surface area contributed by atoms with Gasteiger partial charge >= 0.3 is 6.03 Å². The molecular formula is C16H26N2O2. The molecule has 0 saturated carbocycles. The molecule has 4 heteroatoms. The Bertz CT molecular complexity index is 442. The van der Waals surface area contributed by atoms with Gasteiger partial charge in [0.1, 0.15) is 0 Å². The molecule has 0 aliphatic heterocycles. The van der Waals surface area contributed by atoms with Crippen LogP contribution in [0.3, 0.4) is 0 Å². The number of carbonyl (C=O) groups is 1. The van der Waals surface area contributed by atoms with Gasteiger partial charge in [-0.25, -0.2) is 4.79 Å². The third-order valence-corrected chi connectivity index (χ3v) is 3.92. The minimum absolute atomic E-state index is 0.232. The van der Waals surface area contributed by atoms with E-state index in [4.69, 9.17) is 0 Å². The smallest absolute Gasteiger partial charge is 0.319 e. The Morgan fingerprint density at radius 1 is 1.25 bits per heavy atom. The Kier molecular flexibility index (Phi) is 6.52. The van der Waals surface area contributed by atoms with E-state index in [0.717, 1.165) is 29.7 Å². The van der Waals surface area contributed by atoms with Crippen molar-refractivity contribution in [2.45, 2.75) is 46.6 Å². The average Bonchev–Trinajstić information content (AvgIpc) is 2.43. The minimum atomic E-state index is -0.491. The van der Waals surface area contributed by atoms with E-state index in [1.54, 1.807) is 0 Å². The van der Waals surface area contributed by atoms with E-state index in [0.29, 0.717) is 0 Å². The fourth-order valence-electron chi connectivity index (χ4n) is 2.25. The van der Waals surface area contributed by atoms with Gasteiger partial charge in [0.25, 0.3) is 0 Å². The molecule has 20 heavy (non-hydrogen) atoms. The molecule has 0 saturated heterocycles. The lowest BCUT2D eigenvalue weighted by molar-refractivity contribution is 0.104. The number of amides is 2. The molecule has 1 rings (SSSR count). The molecule has 0 aliphatic rings. The summed E-state index contributed by atoms with van der Waals surface area (Å²) in [5, 5.41) is 15.5. The zero-order valence-corrected chi connectivity index (χ0v) is 12.9. The van der Waals surface area contributed by atoms with Crippen molar-refractivity contribution in [3.05, 3.63) is 29.3 Å². The third-order valence-electron chi connectivity index (χ3n) is 3.92. The largest absolute Gasteiger partial charge is 0.391 e. The number of rotatable bonds is 6. The van der Waals surface area contributed by atoms with Crippen molar-refractivity contribution < 1.29 is 9.90 Å². The van der Waals surface area contributed by atoms with Crippen LogP contribution in [0.4, 0.5) is 10.5 Å². The van der Waals surface area contributed by atoms with E-state index in [1.165, 1.54) is 0 Å². The van der Waals surface area contributed by atoms with E-state index in [1.807, 2.05) is 45.9 Å². The summed E-state index contributed by atoms with van der Waals surface area (Å²) in [6, 6.07) is 5.52. The van der Waals surface area contributed by atoms with Crippen molar-refractivity contribution in [1.82, 2.24) is 5.32 Å². The number of aliphatic hydroxyl groups is 1. The monoisotopic (exact) mass is 278 g/mol. The fourth-order valence-corrected chi connectivity index (χ4v) is 2.25. The van der Waals surface area contributed by atoms with Gasteiger partial charge < -0.3 is 15.7 Å². The Hall–Kier alpha value is -1.55. The molecule has 1 atom stereocenters. The number of hydrogen-bond donors (Lipinski definition) is 3. The number of aliphatic hydroxyl groups excluding tert-OH is 1. The predicted octanol–water partition coefficient (Wildman–Crippen LogP) is 3.22. The number of anilines is 1. The molecule has 0 radical (unpaired) electrons. The Balaban J connectivity index is 2.50. The number of carbonyl (C=O) groups excluding carboxylic acids is 1. The van der Waals surface area contributed by atoms with Gasteiger partial charge in [0, 0.05) is 12.2 Å². The maximum Gasteiger partial charge on any atom is 0.319 e. The van der Waals surface area contributed by atoms with Gasteiger partial charge in [0.2, 0.25) is 0 Å². The van der Waals surface area contributed by atoms with Crippen LogP contribution in [0.15, 0.2) is 18.2 Å². The van der Waals surface area contributed by atoms with Crippen molar-refractivity contribution in [3.63, 3.8) is 0 Å². The van der Waals surface area contributed by atoms with Gasteiger partial charge in [-0.3, -0.25) is 0 Å². The summed E-state index contributed by atoms with van der Waals surface area (Å²) in [5.41, 5.74) is 3.00. The molecule has 1 aromatic rings. The minimum Gasteiger partial charge on any atom is -0.391 e. The SMILES string of the molecule is CCC(CC)C(O)CNC(=O)Nc1cccc(C)c1C. The summed E-state index contributed by atoms with van der Waals surface area (Å²) in [4.78, 5) is 11.8. The van der Waals surface area contributed by atoms with Gasteiger partial charge in [-0.15, -0.1) is 0 Å². The molecule has 1 aromatic carbocycles. The quantitative estimate of drug-likeness (QED) is 0.748.